The number of halogens is 1. The molecule has 1 aromatic rings. The van der Waals surface area contributed by atoms with E-state index >= 15 is 0 Å². The fraction of sp³-hybridized carbons (Fsp3) is 0.643. The molecule has 1 N–H and O–H groups in total. The van der Waals surface area contributed by atoms with E-state index in [1.165, 1.54) is 0 Å². The van der Waals surface area contributed by atoms with Crippen molar-refractivity contribution in [3.63, 3.8) is 0 Å². The second kappa shape index (κ2) is 5.20. The van der Waals surface area contributed by atoms with Crippen molar-refractivity contribution >= 4 is 23.3 Å². The number of amides is 1. The number of nitrogens with zero attached hydrogens (tertiary/aromatic N) is 3. The smallest absolute Gasteiger partial charge is 0.242 e. The summed E-state index contributed by atoms with van der Waals surface area (Å²) >= 11 is 6.25. The number of piperazine rings is 1. The molecular weight excluding hydrogens is 276 g/mol. The maximum absolute atomic E-state index is 11.8. The molecule has 5 nitrogen and oxygen atoms in total. The average Bonchev–Trinajstić information content (AvgIpc) is 2.35. The summed E-state index contributed by atoms with van der Waals surface area (Å²) < 4.78 is 0. The molecule has 1 amide bonds. The van der Waals surface area contributed by atoms with Gasteiger partial charge in [-0.05, 0) is 13.8 Å². The summed E-state index contributed by atoms with van der Waals surface area (Å²) in [6, 6.07) is -0.249. The van der Waals surface area contributed by atoms with Gasteiger partial charge >= 0.3 is 0 Å². The molecule has 1 aliphatic heterocycles. The van der Waals surface area contributed by atoms with Crippen LogP contribution in [0.15, 0.2) is 0 Å². The first kappa shape index (κ1) is 15.0. The molecule has 1 saturated heterocycles. The lowest BCUT2D eigenvalue weighted by molar-refractivity contribution is -0.122. The number of anilines is 1. The molecular formula is C14H21ClN4O. The highest BCUT2D eigenvalue weighted by molar-refractivity contribution is 6.30. The third kappa shape index (κ3) is 2.73. The van der Waals surface area contributed by atoms with Crippen LogP contribution in [-0.4, -0.2) is 35.0 Å². The minimum atomic E-state index is -0.249. The van der Waals surface area contributed by atoms with E-state index in [0.717, 1.165) is 17.9 Å². The molecule has 0 saturated carbocycles. The van der Waals surface area contributed by atoms with E-state index in [-0.39, 0.29) is 17.4 Å². The van der Waals surface area contributed by atoms with Gasteiger partial charge in [-0.1, -0.05) is 32.4 Å². The molecule has 110 valence electrons. The maximum Gasteiger partial charge on any atom is 0.242 e. The van der Waals surface area contributed by atoms with E-state index in [2.05, 4.69) is 15.3 Å². The van der Waals surface area contributed by atoms with Crippen LogP contribution >= 0.6 is 11.6 Å². The lowest BCUT2D eigenvalue weighted by Gasteiger charge is -2.35. The van der Waals surface area contributed by atoms with Crippen LogP contribution in [0.2, 0.25) is 5.15 Å². The zero-order valence-electron chi connectivity index (χ0n) is 12.6. The second-order valence-electron chi connectivity index (χ2n) is 6.20. The summed E-state index contributed by atoms with van der Waals surface area (Å²) in [6.45, 7) is 11.3. The van der Waals surface area contributed by atoms with Gasteiger partial charge in [0.1, 0.15) is 22.8 Å². The third-order valence-corrected chi connectivity index (χ3v) is 3.87. The topological polar surface area (TPSA) is 58.1 Å². The van der Waals surface area contributed by atoms with Crippen molar-refractivity contribution in [2.24, 2.45) is 0 Å². The first-order valence-corrected chi connectivity index (χ1v) is 7.18. The minimum absolute atomic E-state index is 0.0164. The van der Waals surface area contributed by atoms with Crippen LogP contribution in [0, 0.1) is 6.92 Å². The first-order valence-electron chi connectivity index (χ1n) is 6.81. The molecule has 2 rings (SSSR count). The van der Waals surface area contributed by atoms with Crippen molar-refractivity contribution in [1.82, 2.24) is 15.3 Å². The van der Waals surface area contributed by atoms with Crippen LogP contribution in [0.5, 0.6) is 0 Å². The Morgan fingerprint density at radius 1 is 1.35 bits per heavy atom. The van der Waals surface area contributed by atoms with E-state index < -0.39 is 0 Å². The van der Waals surface area contributed by atoms with Gasteiger partial charge in [-0.2, -0.15) is 0 Å². The van der Waals surface area contributed by atoms with Crippen molar-refractivity contribution in [1.29, 1.82) is 0 Å². The highest BCUT2D eigenvalue weighted by Gasteiger charge is 2.30. The lowest BCUT2D eigenvalue weighted by Crippen LogP contribution is -2.54. The Kier molecular flexibility index (Phi) is 3.91. The fourth-order valence-corrected chi connectivity index (χ4v) is 2.33. The summed E-state index contributed by atoms with van der Waals surface area (Å²) in [4.78, 5) is 22.9. The Labute approximate surface area is 124 Å². The Balaban J connectivity index is 2.50. The van der Waals surface area contributed by atoms with Gasteiger partial charge in [-0.25, -0.2) is 9.97 Å². The monoisotopic (exact) mass is 296 g/mol. The molecule has 6 heteroatoms. The summed E-state index contributed by atoms with van der Waals surface area (Å²) in [6.07, 6.45) is 0. The average molecular weight is 297 g/mol. The van der Waals surface area contributed by atoms with Crippen LogP contribution < -0.4 is 10.2 Å². The van der Waals surface area contributed by atoms with E-state index in [0.29, 0.717) is 17.5 Å². The Morgan fingerprint density at radius 3 is 2.60 bits per heavy atom. The molecule has 20 heavy (non-hydrogen) atoms. The van der Waals surface area contributed by atoms with Crippen LogP contribution in [0.3, 0.4) is 0 Å². The van der Waals surface area contributed by atoms with Gasteiger partial charge in [0, 0.05) is 24.1 Å². The fourth-order valence-electron chi connectivity index (χ4n) is 2.17. The number of hydrogen-bond donors (Lipinski definition) is 1. The number of carbonyl (C=O) groups is 1. The number of carbonyl (C=O) groups excluding carboxylic acids is 1. The van der Waals surface area contributed by atoms with Crippen molar-refractivity contribution in [3.8, 4) is 0 Å². The Bertz CT molecular complexity index is 539. The molecule has 1 aliphatic rings. The molecule has 1 aromatic heterocycles. The van der Waals surface area contributed by atoms with E-state index in [9.17, 15) is 4.79 Å². The van der Waals surface area contributed by atoms with Crippen molar-refractivity contribution in [2.45, 2.75) is 46.1 Å². The van der Waals surface area contributed by atoms with Gasteiger partial charge in [0.25, 0.3) is 0 Å². The zero-order valence-corrected chi connectivity index (χ0v) is 13.4. The first-order chi connectivity index (χ1) is 9.21. The van der Waals surface area contributed by atoms with Crippen LogP contribution in [0.1, 0.15) is 39.1 Å². The molecule has 1 atom stereocenters. The number of hydrogen-bond acceptors (Lipinski definition) is 4. The highest BCUT2D eigenvalue weighted by Crippen LogP contribution is 2.29. The van der Waals surface area contributed by atoms with Gasteiger partial charge in [-0.3, -0.25) is 4.79 Å². The van der Waals surface area contributed by atoms with Gasteiger partial charge < -0.3 is 10.2 Å². The standard InChI is InChI=1S/C14H21ClN4O/c1-8-10(15)17-13(14(3,4)5)18-11(8)19-7-6-16-12(20)9(19)2/h9H,6-7H2,1-5H3,(H,16,20). The SMILES string of the molecule is Cc1c(Cl)nc(C(C)(C)C)nc1N1CCNC(=O)C1C. The third-order valence-electron chi connectivity index (χ3n) is 3.50. The number of nitrogens with one attached hydrogen (secondary N) is 1. The lowest BCUT2D eigenvalue weighted by atomic mass is 9.95. The Hall–Kier alpha value is -1.36. The zero-order chi connectivity index (χ0) is 15.1. The Morgan fingerprint density at radius 2 is 2.00 bits per heavy atom. The molecule has 0 aliphatic carbocycles. The van der Waals surface area contributed by atoms with Gasteiger partial charge in [-0.15, -0.1) is 0 Å². The van der Waals surface area contributed by atoms with Crippen LogP contribution in [0.25, 0.3) is 0 Å². The van der Waals surface area contributed by atoms with Crippen LogP contribution in [-0.2, 0) is 10.2 Å². The highest BCUT2D eigenvalue weighted by atomic mass is 35.5. The minimum Gasteiger partial charge on any atom is -0.353 e. The summed E-state index contributed by atoms with van der Waals surface area (Å²) in [7, 11) is 0. The predicted molar refractivity (Wildman–Crippen MR) is 80.3 cm³/mol. The molecule has 0 spiro atoms. The molecule has 0 bridgehead atoms. The number of aromatic nitrogens is 2. The normalized spacial score (nSPS) is 20.0. The maximum atomic E-state index is 11.8. The van der Waals surface area contributed by atoms with Crippen molar-refractivity contribution in [2.75, 3.05) is 18.0 Å². The summed E-state index contributed by atoms with van der Waals surface area (Å²) in [5.41, 5.74) is 0.633. The molecule has 2 heterocycles. The van der Waals surface area contributed by atoms with Crippen molar-refractivity contribution < 1.29 is 4.79 Å². The largest absolute Gasteiger partial charge is 0.353 e. The van der Waals surface area contributed by atoms with Crippen molar-refractivity contribution in [3.05, 3.63) is 16.5 Å². The second-order valence-corrected chi connectivity index (χ2v) is 6.56. The van der Waals surface area contributed by atoms with E-state index in [4.69, 9.17) is 11.6 Å². The number of rotatable bonds is 1. The molecule has 1 unspecified atom stereocenters. The van der Waals surface area contributed by atoms with Crippen LogP contribution in [0.4, 0.5) is 5.82 Å². The van der Waals surface area contributed by atoms with E-state index in [1.54, 1.807) is 0 Å². The summed E-state index contributed by atoms with van der Waals surface area (Å²) in [5.74, 6) is 1.47. The predicted octanol–water partition coefficient (Wildman–Crippen LogP) is 2.06. The summed E-state index contributed by atoms with van der Waals surface area (Å²) in [5, 5.41) is 3.31. The van der Waals surface area contributed by atoms with E-state index in [1.807, 2.05) is 39.5 Å². The van der Waals surface area contributed by atoms with Gasteiger partial charge in [0.05, 0.1) is 0 Å². The quantitative estimate of drug-likeness (QED) is 0.806. The molecule has 0 aromatic carbocycles. The van der Waals surface area contributed by atoms with Gasteiger partial charge in [0.2, 0.25) is 5.91 Å². The van der Waals surface area contributed by atoms with Gasteiger partial charge in [0.15, 0.2) is 0 Å². The molecule has 1 fully saturated rings. The molecule has 0 radical (unpaired) electrons.